The molecular weight excluding hydrogens is 222 g/mol. The van der Waals surface area contributed by atoms with E-state index in [1.165, 1.54) is 12.8 Å². The summed E-state index contributed by atoms with van der Waals surface area (Å²) >= 11 is 0. The summed E-state index contributed by atoms with van der Waals surface area (Å²) in [5.41, 5.74) is 0. The number of rotatable bonds is 5. The molecule has 0 saturated heterocycles. The molecule has 2 rings (SSSR count). The summed E-state index contributed by atoms with van der Waals surface area (Å²) < 4.78 is 0. The molecule has 0 aromatic heterocycles. The molecule has 0 heterocycles. The Morgan fingerprint density at radius 2 is 1.83 bits per heavy atom. The highest BCUT2D eigenvalue weighted by Gasteiger charge is 2.34. The Labute approximate surface area is 112 Å². The van der Waals surface area contributed by atoms with Crippen LogP contribution in [0.25, 0.3) is 0 Å². The van der Waals surface area contributed by atoms with Gasteiger partial charge in [-0.15, -0.1) is 0 Å². The second kappa shape index (κ2) is 5.73. The van der Waals surface area contributed by atoms with Crippen molar-refractivity contribution >= 4 is 5.78 Å². The van der Waals surface area contributed by atoms with Crippen LogP contribution >= 0.6 is 0 Å². The smallest absolute Gasteiger partial charge is 0.137 e. The lowest BCUT2D eigenvalue weighted by Gasteiger charge is -2.34. The predicted molar refractivity (Wildman–Crippen MR) is 75.5 cm³/mol. The van der Waals surface area contributed by atoms with E-state index in [1.54, 1.807) is 0 Å². The van der Waals surface area contributed by atoms with Crippen LogP contribution in [0.3, 0.4) is 0 Å². The summed E-state index contributed by atoms with van der Waals surface area (Å²) in [6, 6.07) is 0.664. The van der Waals surface area contributed by atoms with Crippen LogP contribution < -0.4 is 0 Å². The summed E-state index contributed by atoms with van der Waals surface area (Å²) in [6.45, 7) is 7.91. The zero-order chi connectivity index (χ0) is 13.3. The van der Waals surface area contributed by atoms with E-state index >= 15 is 0 Å². The average molecular weight is 251 g/mol. The van der Waals surface area contributed by atoms with Gasteiger partial charge < -0.3 is 4.90 Å². The van der Waals surface area contributed by atoms with Gasteiger partial charge in [0.05, 0.1) is 0 Å². The second-order valence-corrected chi connectivity index (χ2v) is 6.96. The SMILES string of the molecule is CC(C)C1CCC(=O)C(CN(C)C(C)C2CC2)C1. The Morgan fingerprint density at radius 1 is 1.17 bits per heavy atom. The molecule has 2 aliphatic carbocycles. The molecule has 3 atom stereocenters. The minimum atomic E-state index is 0.303. The van der Waals surface area contributed by atoms with E-state index in [2.05, 4.69) is 32.7 Å². The maximum absolute atomic E-state index is 12.1. The monoisotopic (exact) mass is 251 g/mol. The minimum absolute atomic E-state index is 0.303. The first-order valence-corrected chi connectivity index (χ1v) is 7.72. The normalized spacial score (nSPS) is 31.1. The largest absolute Gasteiger partial charge is 0.303 e. The molecule has 0 spiro atoms. The molecule has 0 bridgehead atoms. The fourth-order valence-corrected chi connectivity index (χ4v) is 3.38. The molecule has 0 N–H and O–H groups in total. The third kappa shape index (κ3) is 3.34. The van der Waals surface area contributed by atoms with E-state index in [-0.39, 0.29) is 0 Å². The first-order chi connectivity index (χ1) is 8.49. The zero-order valence-corrected chi connectivity index (χ0v) is 12.5. The van der Waals surface area contributed by atoms with Crippen molar-refractivity contribution < 1.29 is 4.79 Å². The molecule has 0 amide bonds. The highest BCUT2D eigenvalue weighted by molar-refractivity contribution is 5.82. The highest BCUT2D eigenvalue weighted by Crippen LogP contribution is 2.36. The van der Waals surface area contributed by atoms with Gasteiger partial charge >= 0.3 is 0 Å². The van der Waals surface area contributed by atoms with Gasteiger partial charge in [0.2, 0.25) is 0 Å². The lowest BCUT2D eigenvalue weighted by Crippen LogP contribution is -2.40. The van der Waals surface area contributed by atoms with E-state index < -0.39 is 0 Å². The molecule has 2 heteroatoms. The van der Waals surface area contributed by atoms with E-state index in [1.807, 2.05) is 0 Å². The molecule has 0 aromatic rings. The molecule has 2 saturated carbocycles. The average Bonchev–Trinajstić information content (AvgIpc) is 3.14. The number of hydrogen-bond donors (Lipinski definition) is 0. The lowest BCUT2D eigenvalue weighted by atomic mass is 9.75. The van der Waals surface area contributed by atoms with Crippen LogP contribution in [-0.4, -0.2) is 30.3 Å². The minimum Gasteiger partial charge on any atom is -0.303 e. The van der Waals surface area contributed by atoms with Gasteiger partial charge in [0.15, 0.2) is 0 Å². The van der Waals surface area contributed by atoms with Crippen LogP contribution in [0, 0.1) is 23.7 Å². The van der Waals surface area contributed by atoms with Crippen LogP contribution in [0.15, 0.2) is 0 Å². The first kappa shape index (κ1) is 14.0. The molecule has 0 aliphatic heterocycles. The van der Waals surface area contributed by atoms with Gasteiger partial charge in [-0.2, -0.15) is 0 Å². The van der Waals surface area contributed by atoms with Crippen molar-refractivity contribution in [3.63, 3.8) is 0 Å². The maximum atomic E-state index is 12.1. The number of carbonyl (C=O) groups is 1. The van der Waals surface area contributed by atoms with E-state index in [0.717, 1.165) is 43.6 Å². The van der Waals surface area contributed by atoms with Crippen LogP contribution in [0.1, 0.15) is 52.9 Å². The van der Waals surface area contributed by atoms with Crippen molar-refractivity contribution in [1.29, 1.82) is 0 Å². The molecule has 2 fully saturated rings. The summed E-state index contributed by atoms with van der Waals surface area (Å²) in [4.78, 5) is 14.5. The summed E-state index contributed by atoms with van der Waals surface area (Å²) in [7, 11) is 2.20. The van der Waals surface area contributed by atoms with Crippen molar-refractivity contribution in [3.8, 4) is 0 Å². The fourth-order valence-electron chi connectivity index (χ4n) is 3.38. The summed E-state index contributed by atoms with van der Waals surface area (Å²) in [5.74, 6) is 3.21. The van der Waals surface area contributed by atoms with Gasteiger partial charge in [-0.25, -0.2) is 0 Å². The third-order valence-corrected chi connectivity index (χ3v) is 5.25. The van der Waals surface area contributed by atoms with Crippen LogP contribution in [0.2, 0.25) is 0 Å². The molecule has 104 valence electrons. The first-order valence-electron chi connectivity index (χ1n) is 7.72. The Hall–Kier alpha value is -0.370. The molecule has 2 nitrogen and oxygen atoms in total. The van der Waals surface area contributed by atoms with Crippen LogP contribution in [0.5, 0.6) is 0 Å². The molecule has 2 aliphatic rings. The molecule has 0 aromatic carbocycles. The molecule has 0 radical (unpaired) electrons. The number of carbonyl (C=O) groups excluding carboxylic acids is 1. The highest BCUT2D eigenvalue weighted by atomic mass is 16.1. The quantitative estimate of drug-likeness (QED) is 0.747. The predicted octanol–water partition coefficient (Wildman–Crippen LogP) is 3.36. The van der Waals surface area contributed by atoms with Gasteiger partial charge in [-0.05, 0) is 57.4 Å². The van der Waals surface area contributed by atoms with Crippen molar-refractivity contribution in [1.82, 2.24) is 4.90 Å². The fraction of sp³-hybridized carbons (Fsp3) is 0.938. The standard InChI is InChI=1S/C16H29NO/c1-11(2)14-7-8-16(18)15(9-14)10-17(4)12(3)13-5-6-13/h11-15H,5-10H2,1-4H3. The Kier molecular flexibility index (Phi) is 4.47. The van der Waals surface area contributed by atoms with Crippen molar-refractivity contribution in [2.24, 2.45) is 23.7 Å². The van der Waals surface area contributed by atoms with Crippen molar-refractivity contribution in [3.05, 3.63) is 0 Å². The van der Waals surface area contributed by atoms with E-state index in [9.17, 15) is 4.79 Å². The molecular formula is C16H29NO. The van der Waals surface area contributed by atoms with E-state index in [4.69, 9.17) is 0 Å². The second-order valence-electron chi connectivity index (χ2n) is 6.96. The van der Waals surface area contributed by atoms with Crippen molar-refractivity contribution in [2.75, 3.05) is 13.6 Å². The van der Waals surface area contributed by atoms with Gasteiger partial charge in [-0.1, -0.05) is 13.8 Å². The maximum Gasteiger partial charge on any atom is 0.137 e. The molecule has 18 heavy (non-hydrogen) atoms. The third-order valence-electron chi connectivity index (χ3n) is 5.25. The van der Waals surface area contributed by atoms with Gasteiger partial charge in [0, 0.05) is 24.9 Å². The van der Waals surface area contributed by atoms with Crippen molar-refractivity contribution in [2.45, 2.75) is 58.9 Å². The summed E-state index contributed by atoms with van der Waals surface area (Å²) in [6.07, 6.45) is 5.84. The Morgan fingerprint density at radius 3 is 2.39 bits per heavy atom. The topological polar surface area (TPSA) is 20.3 Å². The van der Waals surface area contributed by atoms with Gasteiger partial charge in [0.1, 0.15) is 5.78 Å². The number of Topliss-reactive ketones (excluding diaryl/α,β-unsaturated/α-hetero) is 1. The van der Waals surface area contributed by atoms with Crippen LogP contribution in [0.4, 0.5) is 0 Å². The van der Waals surface area contributed by atoms with Crippen LogP contribution in [-0.2, 0) is 4.79 Å². The van der Waals surface area contributed by atoms with E-state index in [0.29, 0.717) is 17.7 Å². The van der Waals surface area contributed by atoms with Gasteiger partial charge in [-0.3, -0.25) is 4.79 Å². The lowest BCUT2D eigenvalue weighted by molar-refractivity contribution is -0.126. The number of hydrogen-bond acceptors (Lipinski definition) is 2. The Balaban J connectivity index is 1.87. The zero-order valence-electron chi connectivity index (χ0n) is 12.5. The molecule has 3 unspecified atom stereocenters. The Bertz CT molecular complexity index is 295. The summed E-state index contributed by atoms with van der Waals surface area (Å²) in [5, 5.41) is 0. The van der Waals surface area contributed by atoms with Gasteiger partial charge in [0.25, 0.3) is 0 Å². The number of ketones is 1. The number of nitrogens with zero attached hydrogens (tertiary/aromatic N) is 1.